The molecule has 1 unspecified atom stereocenters. The molecular weight excluding hydrogens is 585 g/mol. The monoisotopic (exact) mass is 619 g/mol. The van der Waals surface area contributed by atoms with Crippen LogP contribution in [-0.2, 0) is 32.6 Å². The van der Waals surface area contributed by atoms with Gasteiger partial charge in [-0.25, -0.2) is 8.42 Å². The zero-order valence-electron chi connectivity index (χ0n) is 23.3. The molecule has 41 heavy (non-hydrogen) atoms. The van der Waals surface area contributed by atoms with Crippen LogP contribution in [0.3, 0.4) is 0 Å². The van der Waals surface area contributed by atoms with Crippen LogP contribution in [-0.4, -0.2) is 57.6 Å². The Labute approximate surface area is 252 Å². The van der Waals surface area contributed by atoms with E-state index in [1.807, 2.05) is 43.3 Å². The Morgan fingerprint density at radius 2 is 1.68 bits per heavy atom. The lowest BCUT2D eigenvalue weighted by Crippen LogP contribution is -2.53. The highest BCUT2D eigenvalue weighted by atomic mass is 35.5. The van der Waals surface area contributed by atoms with E-state index in [0.29, 0.717) is 17.9 Å². The van der Waals surface area contributed by atoms with Gasteiger partial charge in [-0.3, -0.25) is 13.9 Å². The number of benzene rings is 3. The number of methoxy groups -OCH3 is 1. The average Bonchev–Trinajstić information content (AvgIpc) is 2.95. The average molecular weight is 621 g/mol. The maximum absolute atomic E-state index is 14.1. The largest absolute Gasteiger partial charge is 0.497 e. The van der Waals surface area contributed by atoms with Crippen molar-refractivity contribution in [2.45, 2.75) is 38.8 Å². The third-order valence-corrected chi connectivity index (χ3v) is 8.12. The second kappa shape index (κ2) is 15.1. The molecule has 0 radical (unpaired) electrons. The number of sulfonamides is 1. The number of nitrogens with zero attached hydrogens (tertiary/aromatic N) is 2. The maximum Gasteiger partial charge on any atom is 0.244 e. The summed E-state index contributed by atoms with van der Waals surface area (Å²) in [5.74, 6) is -0.323. The molecule has 0 aliphatic rings. The Bertz CT molecular complexity index is 1440. The highest BCUT2D eigenvalue weighted by Gasteiger charge is 2.33. The first-order valence-electron chi connectivity index (χ1n) is 13.2. The predicted octanol–water partition coefficient (Wildman–Crippen LogP) is 5.32. The first-order valence-corrected chi connectivity index (χ1v) is 15.8. The molecule has 11 heteroatoms. The Hall–Kier alpha value is -3.27. The Kier molecular flexibility index (Phi) is 11.9. The van der Waals surface area contributed by atoms with Gasteiger partial charge in [0.2, 0.25) is 21.8 Å². The number of halogens is 2. The Morgan fingerprint density at radius 1 is 0.976 bits per heavy atom. The van der Waals surface area contributed by atoms with E-state index in [1.165, 1.54) is 23.1 Å². The molecule has 0 fully saturated rings. The quantitative estimate of drug-likeness (QED) is 0.246. The number of anilines is 1. The Balaban J connectivity index is 2.07. The molecular formula is C30H35Cl2N3O5S. The van der Waals surface area contributed by atoms with E-state index < -0.39 is 28.5 Å². The maximum atomic E-state index is 14.1. The van der Waals surface area contributed by atoms with Crippen molar-refractivity contribution in [2.75, 3.05) is 30.8 Å². The van der Waals surface area contributed by atoms with Crippen LogP contribution in [0.15, 0.2) is 72.8 Å². The second-order valence-electron chi connectivity index (χ2n) is 9.59. The van der Waals surface area contributed by atoms with Crippen molar-refractivity contribution in [3.63, 3.8) is 0 Å². The molecule has 2 amide bonds. The minimum atomic E-state index is -3.97. The lowest BCUT2D eigenvalue weighted by molar-refractivity contribution is -0.140. The van der Waals surface area contributed by atoms with Crippen molar-refractivity contribution in [1.29, 1.82) is 0 Å². The fourth-order valence-corrected chi connectivity index (χ4v) is 5.59. The molecule has 0 aliphatic heterocycles. The fourth-order valence-electron chi connectivity index (χ4n) is 4.30. The normalized spacial score (nSPS) is 11.9. The first kappa shape index (κ1) is 32.2. The molecule has 3 aromatic carbocycles. The lowest BCUT2D eigenvalue weighted by atomic mass is 10.0. The number of carbonyl (C=O) groups excluding carboxylic acids is 2. The van der Waals surface area contributed by atoms with Crippen molar-refractivity contribution in [1.82, 2.24) is 10.2 Å². The number of carbonyl (C=O) groups is 2. The highest BCUT2D eigenvalue weighted by Crippen LogP contribution is 2.31. The molecule has 1 atom stereocenters. The van der Waals surface area contributed by atoms with Gasteiger partial charge in [-0.1, -0.05) is 79.0 Å². The SMILES string of the molecule is CCCCNC(=O)C(Cc1ccccc1)N(Cc1cccc(OC)c1)C(=O)CN(c1cc(Cl)ccc1Cl)S(C)(=O)=O. The van der Waals surface area contributed by atoms with Crippen LogP contribution in [0, 0.1) is 0 Å². The minimum absolute atomic E-state index is 0.0373. The van der Waals surface area contributed by atoms with Gasteiger partial charge in [0.25, 0.3) is 0 Å². The number of amides is 2. The van der Waals surface area contributed by atoms with Crippen LogP contribution in [0.1, 0.15) is 30.9 Å². The Morgan fingerprint density at radius 3 is 2.34 bits per heavy atom. The molecule has 0 saturated heterocycles. The van der Waals surface area contributed by atoms with E-state index in [0.717, 1.165) is 29.0 Å². The van der Waals surface area contributed by atoms with Crippen LogP contribution in [0.4, 0.5) is 5.69 Å². The van der Waals surface area contributed by atoms with Crippen molar-refractivity contribution >= 4 is 50.7 Å². The number of unbranched alkanes of at least 4 members (excludes halogenated alkanes) is 1. The summed E-state index contributed by atoms with van der Waals surface area (Å²) in [7, 11) is -2.43. The zero-order valence-corrected chi connectivity index (χ0v) is 25.7. The molecule has 220 valence electrons. The molecule has 0 aromatic heterocycles. The molecule has 3 aromatic rings. The number of rotatable bonds is 14. The van der Waals surface area contributed by atoms with Gasteiger partial charge >= 0.3 is 0 Å². The molecule has 0 saturated carbocycles. The van der Waals surface area contributed by atoms with Crippen LogP contribution in [0.25, 0.3) is 0 Å². The summed E-state index contributed by atoms with van der Waals surface area (Å²) in [5, 5.41) is 3.33. The molecule has 8 nitrogen and oxygen atoms in total. The van der Waals surface area contributed by atoms with Gasteiger partial charge in [0, 0.05) is 24.5 Å². The summed E-state index contributed by atoms with van der Waals surface area (Å²) in [6, 6.07) is 20.0. The molecule has 0 spiro atoms. The van der Waals surface area contributed by atoms with Crippen molar-refractivity contribution < 1.29 is 22.7 Å². The number of nitrogens with one attached hydrogen (secondary N) is 1. The van der Waals surface area contributed by atoms with E-state index in [4.69, 9.17) is 27.9 Å². The predicted molar refractivity (Wildman–Crippen MR) is 164 cm³/mol. The molecule has 0 bridgehead atoms. The lowest BCUT2D eigenvalue weighted by Gasteiger charge is -2.33. The zero-order chi connectivity index (χ0) is 30.0. The summed E-state index contributed by atoms with van der Waals surface area (Å²) >= 11 is 12.5. The summed E-state index contributed by atoms with van der Waals surface area (Å²) in [6.45, 7) is 1.92. The van der Waals surface area contributed by atoms with Crippen molar-refractivity contribution in [2.24, 2.45) is 0 Å². The molecule has 0 aliphatic carbocycles. The standard InChI is InChI=1S/C30H35Cl2N3O5S/c1-4-5-16-33-30(37)28(18-22-10-7-6-8-11-22)34(20-23-12-9-13-25(17-23)40-2)29(36)21-35(41(3,38)39)27-19-24(31)14-15-26(27)32/h6-15,17,19,28H,4-5,16,18,20-21H2,1-3H3,(H,33,37). The van der Waals surface area contributed by atoms with E-state index in [2.05, 4.69) is 5.32 Å². The number of hydrogen-bond donors (Lipinski definition) is 1. The van der Waals surface area contributed by atoms with Gasteiger partial charge in [-0.05, 0) is 47.9 Å². The highest BCUT2D eigenvalue weighted by molar-refractivity contribution is 7.92. The summed E-state index contributed by atoms with van der Waals surface area (Å²) in [6.07, 6.45) is 2.89. The van der Waals surface area contributed by atoms with E-state index in [-0.39, 0.29) is 34.6 Å². The minimum Gasteiger partial charge on any atom is -0.497 e. The van der Waals surface area contributed by atoms with E-state index in [9.17, 15) is 18.0 Å². The van der Waals surface area contributed by atoms with E-state index >= 15 is 0 Å². The fraction of sp³-hybridized carbons (Fsp3) is 0.333. The third kappa shape index (κ3) is 9.38. The van der Waals surface area contributed by atoms with Gasteiger partial charge in [0.1, 0.15) is 18.3 Å². The number of ether oxygens (including phenoxy) is 1. The topological polar surface area (TPSA) is 96.0 Å². The molecule has 0 heterocycles. The summed E-state index contributed by atoms with van der Waals surface area (Å²) in [5.41, 5.74) is 1.64. The van der Waals surface area contributed by atoms with Crippen LogP contribution < -0.4 is 14.4 Å². The van der Waals surface area contributed by atoms with Crippen molar-refractivity contribution in [3.05, 3.63) is 94.0 Å². The van der Waals surface area contributed by atoms with Gasteiger partial charge in [-0.15, -0.1) is 0 Å². The van der Waals surface area contributed by atoms with Gasteiger partial charge in [0.05, 0.1) is 24.1 Å². The summed E-state index contributed by atoms with van der Waals surface area (Å²) in [4.78, 5) is 29.2. The van der Waals surface area contributed by atoms with Gasteiger partial charge in [-0.2, -0.15) is 0 Å². The first-order chi connectivity index (χ1) is 19.5. The van der Waals surface area contributed by atoms with Crippen molar-refractivity contribution in [3.8, 4) is 5.75 Å². The number of hydrogen-bond acceptors (Lipinski definition) is 5. The van der Waals surface area contributed by atoms with Crippen LogP contribution >= 0.6 is 23.2 Å². The van der Waals surface area contributed by atoms with Crippen LogP contribution in [0.2, 0.25) is 10.0 Å². The smallest absolute Gasteiger partial charge is 0.244 e. The van der Waals surface area contributed by atoms with E-state index in [1.54, 1.807) is 25.3 Å². The summed E-state index contributed by atoms with van der Waals surface area (Å²) < 4.78 is 32.1. The van der Waals surface area contributed by atoms with Gasteiger partial charge < -0.3 is 15.0 Å². The molecule has 3 rings (SSSR count). The third-order valence-electron chi connectivity index (χ3n) is 6.44. The second-order valence-corrected chi connectivity index (χ2v) is 12.3. The van der Waals surface area contributed by atoms with Gasteiger partial charge in [0.15, 0.2) is 0 Å². The van der Waals surface area contributed by atoms with Crippen LogP contribution in [0.5, 0.6) is 5.75 Å². The molecule has 1 N–H and O–H groups in total.